The lowest BCUT2D eigenvalue weighted by Gasteiger charge is -2.44. The molecule has 1 heterocycles. The van der Waals surface area contributed by atoms with Crippen LogP contribution < -0.4 is 16.4 Å². The molecule has 9 nitrogen and oxygen atoms in total. The number of sulfonamides is 1. The van der Waals surface area contributed by atoms with Gasteiger partial charge in [-0.2, -0.15) is 0 Å². The standard InChI is InChI=1S/C25H32F2N4O5S/c1-4-16-6-5-7-17(8-16)13-29-14-23(32)21(11-18-9-19(26)12-20(27)10-18)25(31(2)37(3,34)35)30-22(15-36-25)24(28)33/h5-10,12,15,21,23,29-30,32H,4,11,13-14H2,1-3H3,(H2,28,33)/t21-,23-,25?/m0/s1. The van der Waals surface area contributed by atoms with Crippen molar-refractivity contribution in [3.63, 3.8) is 0 Å². The van der Waals surface area contributed by atoms with Crippen molar-refractivity contribution in [2.24, 2.45) is 11.7 Å². The van der Waals surface area contributed by atoms with Crippen molar-refractivity contribution in [2.75, 3.05) is 19.8 Å². The number of rotatable bonds is 12. The summed E-state index contributed by atoms with van der Waals surface area (Å²) in [4.78, 5) is 11.9. The average molecular weight is 539 g/mol. The van der Waals surface area contributed by atoms with Crippen molar-refractivity contribution >= 4 is 15.9 Å². The average Bonchev–Trinajstić information content (AvgIpc) is 3.27. The van der Waals surface area contributed by atoms with E-state index in [4.69, 9.17) is 10.5 Å². The minimum absolute atomic E-state index is 0.0326. The van der Waals surface area contributed by atoms with Gasteiger partial charge in [-0.15, -0.1) is 4.31 Å². The van der Waals surface area contributed by atoms with Crippen molar-refractivity contribution in [1.82, 2.24) is 14.9 Å². The summed E-state index contributed by atoms with van der Waals surface area (Å²) in [7, 11) is -2.77. The van der Waals surface area contributed by atoms with E-state index in [9.17, 15) is 27.1 Å². The van der Waals surface area contributed by atoms with Gasteiger partial charge >= 0.3 is 0 Å². The molecule has 0 fully saturated rings. The van der Waals surface area contributed by atoms with Crippen molar-refractivity contribution in [1.29, 1.82) is 0 Å². The Bertz CT molecular complexity index is 1250. The zero-order valence-corrected chi connectivity index (χ0v) is 21.7. The topological polar surface area (TPSA) is 134 Å². The first-order valence-corrected chi connectivity index (χ1v) is 13.5. The third-order valence-electron chi connectivity index (χ3n) is 6.33. The number of ether oxygens (including phenoxy) is 1. The van der Waals surface area contributed by atoms with Crippen LogP contribution in [0.1, 0.15) is 23.6 Å². The molecule has 0 radical (unpaired) electrons. The van der Waals surface area contributed by atoms with Gasteiger partial charge in [0.05, 0.1) is 18.3 Å². The molecule has 2 aromatic rings. The molecule has 1 unspecified atom stereocenters. The number of aliphatic hydroxyl groups is 1. The molecule has 0 saturated carbocycles. The van der Waals surface area contributed by atoms with Crippen LogP contribution in [0.4, 0.5) is 8.78 Å². The van der Waals surface area contributed by atoms with Gasteiger partial charge in [0.1, 0.15) is 23.6 Å². The zero-order chi connectivity index (χ0) is 27.4. The Kier molecular flexibility index (Phi) is 8.90. The highest BCUT2D eigenvalue weighted by molar-refractivity contribution is 7.88. The zero-order valence-electron chi connectivity index (χ0n) is 20.9. The maximum absolute atomic E-state index is 14.0. The van der Waals surface area contributed by atoms with E-state index in [1.807, 2.05) is 31.2 Å². The second kappa shape index (κ2) is 11.5. The first kappa shape index (κ1) is 28.5. The van der Waals surface area contributed by atoms with Crippen molar-refractivity contribution < 1.29 is 31.8 Å². The molecule has 0 spiro atoms. The van der Waals surface area contributed by atoms with Gasteiger partial charge in [0.2, 0.25) is 10.0 Å². The van der Waals surface area contributed by atoms with Crippen LogP contribution in [0.5, 0.6) is 0 Å². The number of hydrogen-bond donors (Lipinski definition) is 4. The molecule has 1 amide bonds. The minimum Gasteiger partial charge on any atom is -0.458 e. The summed E-state index contributed by atoms with van der Waals surface area (Å²) in [6.45, 7) is 2.41. The van der Waals surface area contributed by atoms with E-state index in [0.29, 0.717) is 12.6 Å². The lowest BCUT2D eigenvalue weighted by Crippen LogP contribution is -2.66. The quantitative estimate of drug-likeness (QED) is 0.320. The fraction of sp³-hybridized carbons (Fsp3) is 0.400. The Hall–Kier alpha value is -3.06. The molecule has 2 aromatic carbocycles. The summed E-state index contributed by atoms with van der Waals surface area (Å²) in [5.74, 6) is -5.75. The number of nitrogens with zero attached hydrogens (tertiary/aromatic N) is 1. The van der Waals surface area contributed by atoms with Gasteiger partial charge in [0.15, 0.2) is 0 Å². The third-order valence-corrected chi connectivity index (χ3v) is 7.59. The second-order valence-corrected chi connectivity index (χ2v) is 11.0. The first-order valence-electron chi connectivity index (χ1n) is 11.7. The van der Waals surface area contributed by atoms with Gasteiger partial charge in [-0.05, 0) is 41.7 Å². The summed E-state index contributed by atoms with van der Waals surface area (Å²) >= 11 is 0. The number of amides is 1. The second-order valence-electron chi connectivity index (χ2n) is 9.03. The molecule has 0 aliphatic carbocycles. The predicted octanol–water partition coefficient (Wildman–Crippen LogP) is 1.33. The fourth-order valence-corrected chi connectivity index (χ4v) is 5.03. The van der Waals surface area contributed by atoms with E-state index in [1.165, 1.54) is 7.05 Å². The summed E-state index contributed by atoms with van der Waals surface area (Å²) in [5.41, 5.74) is 7.43. The van der Waals surface area contributed by atoms with Crippen molar-refractivity contribution in [3.8, 4) is 0 Å². The van der Waals surface area contributed by atoms with E-state index in [0.717, 1.165) is 46.5 Å². The van der Waals surface area contributed by atoms with Crippen LogP contribution in [0.3, 0.4) is 0 Å². The molecule has 1 aliphatic rings. The number of carbonyl (C=O) groups is 1. The number of carbonyl (C=O) groups excluding carboxylic acids is 1. The van der Waals surface area contributed by atoms with E-state index in [2.05, 4.69) is 10.6 Å². The molecular formula is C25H32F2N4O5S. The molecule has 5 N–H and O–H groups in total. The number of aryl methyl sites for hydroxylation is 1. The Morgan fingerprint density at radius 2 is 1.84 bits per heavy atom. The van der Waals surface area contributed by atoms with Gasteiger partial charge in [-0.25, -0.2) is 17.2 Å². The third kappa shape index (κ3) is 6.83. The van der Waals surface area contributed by atoms with Crippen LogP contribution in [0.15, 0.2) is 54.4 Å². The Morgan fingerprint density at radius 3 is 2.41 bits per heavy atom. The molecule has 3 atom stereocenters. The van der Waals surface area contributed by atoms with Crippen LogP contribution in [-0.2, 0) is 38.9 Å². The minimum atomic E-state index is -3.97. The lowest BCUT2D eigenvalue weighted by atomic mass is 9.88. The molecule has 12 heteroatoms. The Labute approximate surface area is 215 Å². The van der Waals surface area contributed by atoms with E-state index >= 15 is 0 Å². The maximum atomic E-state index is 14.0. The first-order chi connectivity index (χ1) is 17.4. The summed E-state index contributed by atoms with van der Waals surface area (Å²) < 4.78 is 59.7. The van der Waals surface area contributed by atoms with Gasteiger partial charge in [-0.1, -0.05) is 31.2 Å². The molecule has 0 saturated heterocycles. The summed E-state index contributed by atoms with van der Waals surface area (Å²) in [6.07, 6.45) is 1.24. The molecule has 3 rings (SSSR count). The van der Waals surface area contributed by atoms with Gasteiger partial charge in [0.25, 0.3) is 11.8 Å². The SMILES string of the molecule is CCc1cccc(CNC[C@H](O)[C@H](Cc2cc(F)cc(F)c2)C2(N(C)S(C)(=O)=O)NC(C(N)=O)=CO2)c1. The van der Waals surface area contributed by atoms with Crippen LogP contribution in [-0.4, -0.2) is 55.5 Å². The van der Waals surface area contributed by atoms with Crippen LogP contribution in [0, 0.1) is 17.6 Å². The number of hydrogen-bond acceptors (Lipinski definition) is 7. The smallest absolute Gasteiger partial charge is 0.268 e. The number of aliphatic hydroxyl groups excluding tert-OH is 1. The molecule has 37 heavy (non-hydrogen) atoms. The molecule has 202 valence electrons. The van der Waals surface area contributed by atoms with Gasteiger partial charge in [-0.3, -0.25) is 4.79 Å². The van der Waals surface area contributed by atoms with Crippen LogP contribution >= 0.6 is 0 Å². The predicted molar refractivity (Wildman–Crippen MR) is 134 cm³/mol. The fourth-order valence-electron chi connectivity index (χ4n) is 4.32. The number of benzene rings is 2. The summed E-state index contributed by atoms with van der Waals surface area (Å²) in [5, 5.41) is 17.2. The van der Waals surface area contributed by atoms with Gasteiger partial charge in [0, 0.05) is 26.2 Å². The van der Waals surface area contributed by atoms with E-state index < -0.39 is 45.4 Å². The molecule has 0 aromatic heterocycles. The van der Waals surface area contributed by atoms with E-state index in [-0.39, 0.29) is 24.2 Å². The number of nitrogens with two attached hydrogens (primary N) is 1. The van der Waals surface area contributed by atoms with Crippen molar-refractivity contribution in [2.45, 2.75) is 38.3 Å². The molecule has 1 aliphatic heterocycles. The number of primary amides is 1. The highest BCUT2D eigenvalue weighted by Gasteiger charge is 2.54. The van der Waals surface area contributed by atoms with Crippen molar-refractivity contribution in [3.05, 3.63) is 82.7 Å². The Morgan fingerprint density at radius 1 is 1.19 bits per heavy atom. The normalized spacial score (nSPS) is 19.2. The highest BCUT2D eigenvalue weighted by atomic mass is 32.2. The molecular weight excluding hydrogens is 506 g/mol. The van der Waals surface area contributed by atoms with Crippen LogP contribution in [0.25, 0.3) is 0 Å². The molecule has 0 bridgehead atoms. The lowest BCUT2D eigenvalue weighted by molar-refractivity contribution is -0.142. The number of halogens is 2. The highest BCUT2D eigenvalue weighted by Crippen LogP contribution is 2.35. The monoisotopic (exact) mass is 538 g/mol. The summed E-state index contributed by atoms with van der Waals surface area (Å²) in [6, 6.07) is 10.7. The maximum Gasteiger partial charge on any atom is 0.268 e. The van der Waals surface area contributed by atoms with Gasteiger partial charge < -0.3 is 26.2 Å². The Balaban J connectivity index is 1.95. The number of nitrogens with one attached hydrogen (secondary N) is 2. The van der Waals surface area contributed by atoms with Crippen LogP contribution in [0.2, 0.25) is 0 Å². The largest absolute Gasteiger partial charge is 0.458 e. The van der Waals surface area contributed by atoms with E-state index in [1.54, 1.807) is 0 Å².